The molecule has 1 aliphatic carbocycles. The maximum Gasteiger partial charge on any atom is 0.434 e. The van der Waals surface area contributed by atoms with Crippen molar-refractivity contribution in [3.05, 3.63) is 34.0 Å². The summed E-state index contributed by atoms with van der Waals surface area (Å²) in [5, 5.41) is 6.94. The smallest absolute Gasteiger partial charge is 0.379 e. The van der Waals surface area contributed by atoms with Crippen LogP contribution in [-0.2, 0) is 26.7 Å². The van der Waals surface area contributed by atoms with Gasteiger partial charge in [-0.2, -0.15) is 31.4 Å². The second-order valence-electron chi connectivity index (χ2n) is 11.2. The van der Waals surface area contributed by atoms with Gasteiger partial charge in [0.05, 0.1) is 44.3 Å². The minimum atomic E-state index is -4.90. The fourth-order valence-electron chi connectivity index (χ4n) is 5.12. The highest BCUT2D eigenvalue weighted by Gasteiger charge is 2.49. The summed E-state index contributed by atoms with van der Waals surface area (Å²) in [4.78, 5) is 50.2. The minimum Gasteiger partial charge on any atom is -0.379 e. The van der Waals surface area contributed by atoms with Crippen molar-refractivity contribution in [3.63, 3.8) is 0 Å². The molecule has 5 rings (SSSR count). The number of piperazine rings is 1. The summed E-state index contributed by atoms with van der Waals surface area (Å²) in [6.07, 6.45) is -6.93. The van der Waals surface area contributed by atoms with Crippen LogP contribution in [0, 0.1) is 0 Å². The highest BCUT2D eigenvalue weighted by molar-refractivity contribution is 6.16. The number of rotatable bonds is 8. The van der Waals surface area contributed by atoms with Gasteiger partial charge in [0.2, 0.25) is 5.91 Å². The number of carbonyl (C=O) groups excluding carboxylic acids is 2. The standard InChI is InChI=1S/C24H28F6N8O4Si/c1-22(43,34-13-8-32-35-20(40)17(13)24(28,29)30)11-42-7-4-16(39)36-5-6-37-14(10-36)21(41)38(12-2-3-12)19-18(37)31-9-15(33-19)23(25,26)27/h8-9,12,14H,2-7,10-11H2,1,43H3,(H2,34,35,40)/t14-,22+/m1/s1. The van der Waals surface area contributed by atoms with E-state index in [9.17, 15) is 40.7 Å². The molecule has 0 aromatic carbocycles. The van der Waals surface area contributed by atoms with Gasteiger partial charge in [-0.3, -0.25) is 19.3 Å². The van der Waals surface area contributed by atoms with Crippen LogP contribution in [-0.4, -0.2) is 97.2 Å². The van der Waals surface area contributed by atoms with Crippen LogP contribution in [0.5, 0.6) is 0 Å². The van der Waals surface area contributed by atoms with Crippen molar-refractivity contribution in [2.24, 2.45) is 0 Å². The Balaban J connectivity index is 1.19. The van der Waals surface area contributed by atoms with E-state index in [0.29, 0.717) is 29.3 Å². The topological polar surface area (TPSA) is 137 Å². The maximum absolute atomic E-state index is 13.4. The Kier molecular flexibility index (Phi) is 7.91. The number of carbonyl (C=O) groups is 2. The second-order valence-corrected chi connectivity index (χ2v) is 13.4. The van der Waals surface area contributed by atoms with Gasteiger partial charge in [-0.25, -0.2) is 15.1 Å². The van der Waals surface area contributed by atoms with Crippen LogP contribution in [0.1, 0.15) is 37.4 Å². The van der Waals surface area contributed by atoms with Crippen LogP contribution in [0.3, 0.4) is 0 Å². The molecule has 2 N–H and O–H groups in total. The normalized spacial score (nSPS) is 20.5. The number of hydrogen-bond acceptors (Lipinski definition) is 9. The van der Waals surface area contributed by atoms with Crippen molar-refractivity contribution in [2.45, 2.75) is 55.8 Å². The van der Waals surface area contributed by atoms with Crippen molar-refractivity contribution >= 4 is 39.4 Å². The van der Waals surface area contributed by atoms with Crippen LogP contribution in [0.25, 0.3) is 0 Å². The van der Waals surface area contributed by atoms with Gasteiger partial charge in [-0.05, 0) is 19.8 Å². The molecule has 234 valence electrons. The summed E-state index contributed by atoms with van der Waals surface area (Å²) < 4.78 is 85.6. The van der Waals surface area contributed by atoms with Gasteiger partial charge in [0.1, 0.15) is 11.6 Å². The number of nitrogens with zero attached hydrogens (tertiary/aromatic N) is 6. The summed E-state index contributed by atoms with van der Waals surface area (Å²) in [7, 11) is 0.310. The predicted octanol–water partition coefficient (Wildman–Crippen LogP) is 0.724. The molecule has 4 heterocycles. The van der Waals surface area contributed by atoms with E-state index >= 15 is 0 Å². The highest BCUT2D eigenvalue weighted by atomic mass is 28.1. The van der Waals surface area contributed by atoms with Gasteiger partial charge in [0.25, 0.3) is 11.5 Å². The van der Waals surface area contributed by atoms with Crippen molar-refractivity contribution in [1.29, 1.82) is 0 Å². The summed E-state index contributed by atoms with van der Waals surface area (Å²) >= 11 is 0. The van der Waals surface area contributed by atoms with Crippen molar-refractivity contribution in [1.82, 2.24) is 25.1 Å². The lowest BCUT2D eigenvalue weighted by molar-refractivity contribution is -0.141. The zero-order valence-electron chi connectivity index (χ0n) is 23.1. The molecule has 3 aliphatic rings. The first-order valence-electron chi connectivity index (χ1n) is 13.4. The maximum atomic E-state index is 13.4. The minimum absolute atomic E-state index is 0.00123. The Morgan fingerprint density at radius 3 is 2.49 bits per heavy atom. The van der Waals surface area contributed by atoms with Crippen LogP contribution >= 0.6 is 0 Å². The largest absolute Gasteiger partial charge is 0.434 e. The molecule has 2 amide bonds. The van der Waals surface area contributed by atoms with Crippen molar-refractivity contribution in [2.75, 3.05) is 48.0 Å². The molecule has 2 aliphatic heterocycles. The average Bonchev–Trinajstić information content (AvgIpc) is 3.74. The van der Waals surface area contributed by atoms with E-state index in [1.54, 1.807) is 16.9 Å². The van der Waals surface area contributed by atoms with Gasteiger partial charge < -0.3 is 19.9 Å². The number of aromatic nitrogens is 4. The Morgan fingerprint density at radius 2 is 1.84 bits per heavy atom. The first-order valence-corrected chi connectivity index (χ1v) is 14.4. The molecule has 2 atom stereocenters. The molecule has 19 heteroatoms. The lowest BCUT2D eigenvalue weighted by Crippen LogP contribution is -2.64. The summed E-state index contributed by atoms with van der Waals surface area (Å²) in [5.41, 5.74) is -4.44. The van der Waals surface area contributed by atoms with Crippen LogP contribution in [0.2, 0.25) is 0 Å². The van der Waals surface area contributed by atoms with E-state index in [1.807, 2.05) is 0 Å². The molecule has 0 bridgehead atoms. The number of fused-ring (bicyclic) bond motifs is 3. The number of H-pyrrole nitrogens is 1. The SMILES string of the molecule is C[C@]([SiH3])(COCCC(=O)N1CCN2c3ncc(C(F)(F)F)nc3N(C3CC3)C(=O)[C@H]2C1)Nc1cn[nH]c(=O)c1C(F)(F)F. The number of nitrogens with one attached hydrogen (secondary N) is 2. The average molecular weight is 635 g/mol. The van der Waals surface area contributed by atoms with Crippen molar-refractivity contribution in [3.8, 4) is 0 Å². The molecule has 1 saturated heterocycles. The Hall–Kier alpha value is -3.74. The van der Waals surface area contributed by atoms with E-state index in [0.717, 1.165) is 6.20 Å². The van der Waals surface area contributed by atoms with E-state index in [2.05, 4.69) is 20.4 Å². The monoisotopic (exact) mass is 634 g/mol. The quantitative estimate of drug-likeness (QED) is 0.245. The molecule has 0 radical (unpaired) electrons. The molecule has 43 heavy (non-hydrogen) atoms. The van der Waals surface area contributed by atoms with E-state index in [1.165, 1.54) is 9.80 Å². The number of ether oxygens (including phenoxy) is 1. The highest BCUT2D eigenvalue weighted by Crippen LogP contribution is 2.42. The molecular weight excluding hydrogens is 606 g/mol. The van der Waals surface area contributed by atoms with E-state index < -0.39 is 52.0 Å². The molecule has 0 unspecified atom stereocenters. The molecule has 2 aromatic rings. The summed E-state index contributed by atoms with van der Waals surface area (Å²) in [6.45, 7) is 1.84. The van der Waals surface area contributed by atoms with Gasteiger partial charge >= 0.3 is 12.4 Å². The predicted molar refractivity (Wildman–Crippen MR) is 143 cm³/mol. The lowest BCUT2D eigenvalue weighted by Gasteiger charge is -2.46. The van der Waals surface area contributed by atoms with Crippen molar-refractivity contribution < 1.29 is 40.7 Å². The van der Waals surface area contributed by atoms with Crippen LogP contribution in [0.15, 0.2) is 17.2 Å². The first kappa shape index (κ1) is 30.7. The molecular formula is C24H28F6N8O4Si. The number of hydrogen-bond donors (Lipinski definition) is 2. The molecule has 12 nitrogen and oxygen atoms in total. The summed E-state index contributed by atoms with van der Waals surface area (Å²) in [5.74, 6) is -0.716. The van der Waals surface area contributed by atoms with Crippen LogP contribution in [0.4, 0.5) is 43.7 Å². The second kappa shape index (κ2) is 11.1. The Morgan fingerprint density at radius 1 is 1.12 bits per heavy atom. The van der Waals surface area contributed by atoms with Gasteiger partial charge in [-0.1, -0.05) is 0 Å². The Bertz CT molecular complexity index is 1460. The first-order chi connectivity index (χ1) is 20.1. The van der Waals surface area contributed by atoms with Gasteiger partial charge in [0.15, 0.2) is 17.3 Å². The van der Waals surface area contributed by atoms with Gasteiger partial charge in [0, 0.05) is 34.5 Å². The third-order valence-electron chi connectivity index (χ3n) is 7.23. The number of amides is 2. The zero-order valence-corrected chi connectivity index (χ0v) is 25.1. The number of halogens is 6. The lowest BCUT2D eigenvalue weighted by atomic mass is 10.1. The van der Waals surface area contributed by atoms with Gasteiger partial charge in [-0.15, -0.1) is 0 Å². The number of anilines is 3. The Labute approximate surface area is 243 Å². The molecule has 2 fully saturated rings. The zero-order chi connectivity index (χ0) is 31.3. The third-order valence-corrected chi connectivity index (χ3v) is 7.77. The van der Waals surface area contributed by atoms with E-state index in [4.69, 9.17) is 4.74 Å². The number of alkyl halides is 6. The van der Waals surface area contributed by atoms with Crippen LogP contribution < -0.4 is 20.7 Å². The summed E-state index contributed by atoms with van der Waals surface area (Å²) in [6, 6.07) is -1.11. The number of aromatic amines is 1. The molecule has 0 spiro atoms. The van der Waals surface area contributed by atoms with E-state index in [-0.39, 0.29) is 62.9 Å². The fraction of sp³-hybridized carbons (Fsp3) is 0.583. The molecule has 1 saturated carbocycles. The molecule has 2 aromatic heterocycles. The fourth-order valence-corrected chi connectivity index (χ4v) is 5.59. The third kappa shape index (κ3) is 6.46.